The third-order valence-electron chi connectivity index (χ3n) is 3.54. The molecule has 0 amide bonds. The van der Waals surface area contributed by atoms with E-state index in [9.17, 15) is 39.5 Å². The van der Waals surface area contributed by atoms with Crippen molar-refractivity contribution in [1.82, 2.24) is 0 Å². The molecule has 1 rings (SSSR count). The van der Waals surface area contributed by atoms with E-state index in [1.807, 2.05) is 0 Å². The Bertz CT molecular complexity index is 399. The van der Waals surface area contributed by atoms with Gasteiger partial charge in [-0.05, 0) is 26.3 Å². The van der Waals surface area contributed by atoms with Gasteiger partial charge in [0.25, 0.3) is 9.04 Å². The molecule has 0 aromatic rings. The zero-order chi connectivity index (χ0) is 17.6. The molecule has 1 unspecified atom stereocenters. The van der Waals surface area contributed by atoms with E-state index in [0.29, 0.717) is 0 Å². The first kappa shape index (κ1) is 19.6. The van der Waals surface area contributed by atoms with Gasteiger partial charge in [0, 0.05) is 6.61 Å². The summed E-state index contributed by atoms with van der Waals surface area (Å²) in [6.45, 7) is -0.480. The van der Waals surface area contributed by atoms with Gasteiger partial charge in [0.1, 0.15) is 0 Å². The molecule has 1 nitrogen and oxygen atoms in total. The van der Waals surface area contributed by atoms with Crippen molar-refractivity contribution in [2.24, 2.45) is 0 Å². The lowest BCUT2D eigenvalue weighted by Gasteiger charge is -2.42. The van der Waals surface area contributed by atoms with Crippen LogP contribution in [0.5, 0.6) is 0 Å². The van der Waals surface area contributed by atoms with E-state index in [2.05, 4.69) is 4.43 Å². The molecule has 0 aromatic heterocycles. The molecule has 0 spiro atoms. The van der Waals surface area contributed by atoms with Gasteiger partial charge in [-0.2, -0.15) is 26.3 Å². The van der Waals surface area contributed by atoms with Gasteiger partial charge < -0.3 is 4.43 Å². The smallest absolute Gasteiger partial charge is 0.381 e. The molecule has 11 heteroatoms. The average molecular weight is 362 g/mol. The second-order valence-corrected chi connectivity index (χ2v) is 8.29. The molecule has 1 aliphatic heterocycles. The van der Waals surface area contributed by atoms with Crippen LogP contribution in [0.15, 0.2) is 0 Å². The quantitative estimate of drug-likeness (QED) is 0.522. The van der Waals surface area contributed by atoms with Gasteiger partial charge in [-0.1, -0.05) is 6.42 Å². The summed E-state index contributed by atoms with van der Waals surface area (Å²) in [7, 11) is -4.21. The molecule has 1 fully saturated rings. The van der Waals surface area contributed by atoms with Crippen molar-refractivity contribution < 1.29 is 43.9 Å². The Morgan fingerprint density at radius 2 is 1.23 bits per heavy atom. The van der Waals surface area contributed by atoms with Gasteiger partial charge in [-0.3, -0.25) is 0 Å². The van der Waals surface area contributed by atoms with E-state index in [0.717, 1.165) is 0 Å². The Morgan fingerprint density at radius 1 is 0.727 bits per heavy atom. The highest BCUT2D eigenvalue weighted by molar-refractivity contribution is 6.55. The van der Waals surface area contributed by atoms with Crippen molar-refractivity contribution in [2.45, 2.75) is 61.7 Å². The standard InChI is InChI=1S/C11H15F9OSi/c1-7(2,12)8(13,14)9(15,16)10(17,18)11(19,20)22-6-4-3-5-21-22/h22H,3-6H2,1-2H3. The van der Waals surface area contributed by atoms with Crippen LogP contribution in [0.3, 0.4) is 0 Å². The Hall–Kier alpha value is -0.453. The summed E-state index contributed by atoms with van der Waals surface area (Å²) in [5.74, 6) is -19.0. The van der Waals surface area contributed by atoms with Crippen LogP contribution in [-0.4, -0.2) is 44.6 Å². The summed E-state index contributed by atoms with van der Waals surface area (Å²) >= 11 is 0. The highest BCUT2D eigenvalue weighted by Crippen LogP contribution is 2.57. The minimum absolute atomic E-state index is 0.0547. The maximum atomic E-state index is 13.8. The molecule has 1 aliphatic rings. The molecular weight excluding hydrogens is 347 g/mol. The molecule has 0 bridgehead atoms. The lowest BCUT2D eigenvalue weighted by atomic mass is 9.92. The number of rotatable bonds is 5. The van der Waals surface area contributed by atoms with Crippen LogP contribution >= 0.6 is 0 Å². The Balaban J connectivity index is 3.24. The van der Waals surface area contributed by atoms with Crippen LogP contribution in [0, 0.1) is 0 Å². The second kappa shape index (κ2) is 5.57. The monoisotopic (exact) mass is 362 g/mol. The minimum atomic E-state index is -6.57. The van der Waals surface area contributed by atoms with E-state index in [4.69, 9.17) is 0 Å². The summed E-state index contributed by atoms with van der Waals surface area (Å²) in [6, 6.07) is -0.552. The van der Waals surface area contributed by atoms with Gasteiger partial charge in [0.2, 0.25) is 0 Å². The molecule has 132 valence electrons. The predicted molar refractivity (Wildman–Crippen MR) is 62.1 cm³/mol. The molecule has 0 N–H and O–H groups in total. The Kier molecular flexibility index (Phi) is 4.96. The highest BCUT2D eigenvalue weighted by Gasteiger charge is 2.85. The third kappa shape index (κ3) is 2.74. The molecule has 1 heterocycles. The van der Waals surface area contributed by atoms with Crippen LogP contribution in [0.4, 0.5) is 39.5 Å². The predicted octanol–water partition coefficient (Wildman–Crippen LogP) is 4.35. The zero-order valence-corrected chi connectivity index (χ0v) is 12.9. The lowest BCUT2D eigenvalue weighted by Crippen LogP contribution is -2.70. The molecule has 0 radical (unpaired) electrons. The van der Waals surface area contributed by atoms with E-state index in [1.165, 1.54) is 0 Å². The molecule has 1 saturated heterocycles. The molecule has 0 aliphatic carbocycles. The number of hydrogen-bond acceptors (Lipinski definition) is 1. The largest absolute Gasteiger partial charge is 0.413 e. The van der Waals surface area contributed by atoms with Gasteiger partial charge >= 0.3 is 23.3 Å². The van der Waals surface area contributed by atoms with Crippen molar-refractivity contribution in [3.05, 3.63) is 0 Å². The average Bonchev–Trinajstić information content (AvgIpc) is 2.37. The molecule has 1 atom stereocenters. The first-order valence-corrected chi connectivity index (χ1v) is 8.29. The normalized spacial score (nSPS) is 22.8. The fourth-order valence-corrected chi connectivity index (χ4v) is 4.44. The van der Waals surface area contributed by atoms with Crippen molar-refractivity contribution in [3.63, 3.8) is 0 Å². The van der Waals surface area contributed by atoms with Crippen molar-refractivity contribution in [1.29, 1.82) is 0 Å². The first-order valence-electron chi connectivity index (χ1n) is 6.42. The van der Waals surface area contributed by atoms with Crippen LogP contribution in [0.1, 0.15) is 26.7 Å². The maximum absolute atomic E-state index is 13.8. The zero-order valence-electron chi connectivity index (χ0n) is 11.7. The molecule has 22 heavy (non-hydrogen) atoms. The summed E-state index contributed by atoms with van der Waals surface area (Å²) in [4.78, 5) is 0. The second-order valence-electron chi connectivity index (χ2n) is 5.67. The molecule has 0 saturated carbocycles. The van der Waals surface area contributed by atoms with Crippen LogP contribution in [0.2, 0.25) is 6.04 Å². The van der Waals surface area contributed by atoms with Crippen LogP contribution in [-0.2, 0) is 4.43 Å². The van der Waals surface area contributed by atoms with Gasteiger partial charge in [0.05, 0.1) is 0 Å². The first-order chi connectivity index (χ1) is 9.61. The molecule has 0 aromatic carbocycles. The summed E-state index contributed by atoms with van der Waals surface area (Å²) in [5.41, 5.74) is -9.56. The highest BCUT2D eigenvalue weighted by atomic mass is 28.3. The SMILES string of the molecule is CC(C)(F)C(F)(F)C(F)(F)C(F)(F)C(F)(F)[SiH]1CCCCO1. The van der Waals surface area contributed by atoms with E-state index in [-0.39, 0.29) is 33.3 Å². The number of hydrogen-bond donors (Lipinski definition) is 0. The van der Waals surface area contributed by atoms with Crippen LogP contribution < -0.4 is 0 Å². The Labute approximate surface area is 122 Å². The fourth-order valence-electron chi connectivity index (χ4n) is 2.01. The van der Waals surface area contributed by atoms with Gasteiger partial charge in [-0.25, -0.2) is 13.2 Å². The summed E-state index contributed by atoms with van der Waals surface area (Å²) in [6.07, 6.45) is 0.342. The lowest BCUT2D eigenvalue weighted by molar-refractivity contribution is -0.372. The topological polar surface area (TPSA) is 9.23 Å². The minimum Gasteiger partial charge on any atom is -0.413 e. The summed E-state index contributed by atoms with van der Waals surface area (Å²) < 4.78 is 126. The van der Waals surface area contributed by atoms with E-state index < -0.39 is 44.1 Å². The third-order valence-corrected chi connectivity index (χ3v) is 6.28. The van der Waals surface area contributed by atoms with Crippen molar-refractivity contribution in [2.75, 3.05) is 6.61 Å². The summed E-state index contributed by atoms with van der Waals surface area (Å²) in [5, 5.41) is 0. The Morgan fingerprint density at radius 3 is 1.59 bits per heavy atom. The fraction of sp³-hybridized carbons (Fsp3) is 1.00. The van der Waals surface area contributed by atoms with Crippen molar-refractivity contribution >= 4 is 9.04 Å². The van der Waals surface area contributed by atoms with Crippen molar-refractivity contribution in [3.8, 4) is 0 Å². The van der Waals surface area contributed by atoms with Crippen LogP contribution in [0.25, 0.3) is 0 Å². The molecular formula is C11H15F9OSi. The number of halogens is 9. The number of alkyl halides is 9. The van der Waals surface area contributed by atoms with Gasteiger partial charge in [-0.15, -0.1) is 0 Å². The van der Waals surface area contributed by atoms with Gasteiger partial charge in [0.15, 0.2) is 5.67 Å². The maximum Gasteiger partial charge on any atom is 0.381 e. The van der Waals surface area contributed by atoms with E-state index >= 15 is 0 Å². The van der Waals surface area contributed by atoms with E-state index in [1.54, 1.807) is 0 Å².